The molecule has 0 radical (unpaired) electrons. The first-order valence-electron chi connectivity index (χ1n) is 6.30. The number of aromatic nitrogens is 2. The van der Waals surface area contributed by atoms with Crippen LogP contribution in [-0.2, 0) is 11.0 Å². The highest BCUT2D eigenvalue weighted by Crippen LogP contribution is 2.43. The molecule has 0 N–H and O–H groups in total. The smallest absolute Gasteiger partial charge is 0.114 e. The second-order valence-corrected chi connectivity index (χ2v) is 7.04. The fourth-order valence-corrected chi connectivity index (χ4v) is 2.27. The van der Waals surface area contributed by atoms with Gasteiger partial charge < -0.3 is 4.57 Å². The van der Waals surface area contributed by atoms with Crippen LogP contribution in [0.2, 0.25) is 0 Å². The number of hydrogen-bond donors (Lipinski definition) is 0. The molecule has 0 spiro atoms. The van der Waals surface area contributed by atoms with E-state index in [0.717, 1.165) is 5.92 Å². The van der Waals surface area contributed by atoms with E-state index in [1.807, 2.05) is 0 Å². The maximum absolute atomic E-state index is 4.68. The first kappa shape index (κ1) is 11.7. The third-order valence-corrected chi connectivity index (χ3v) is 3.13. The number of imidazole rings is 1. The topological polar surface area (TPSA) is 17.8 Å². The van der Waals surface area contributed by atoms with Gasteiger partial charge in [-0.05, 0) is 33.6 Å². The minimum absolute atomic E-state index is 0.125. The van der Waals surface area contributed by atoms with Crippen molar-refractivity contribution in [2.75, 3.05) is 0 Å². The van der Waals surface area contributed by atoms with Gasteiger partial charge in [0.25, 0.3) is 0 Å². The summed E-state index contributed by atoms with van der Waals surface area (Å²) in [6, 6.07) is 0. The van der Waals surface area contributed by atoms with Gasteiger partial charge in [-0.2, -0.15) is 0 Å². The Hall–Kier alpha value is -0.790. The molecule has 16 heavy (non-hydrogen) atoms. The first-order chi connectivity index (χ1) is 7.21. The molecular weight excluding hydrogens is 196 g/mol. The molecule has 2 heteroatoms. The SMILES string of the molecule is CC(C)(C)c1ncc(C2CC2)n1C(C)(C)C. The van der Waals surface area contributed by atoms with Gasteiger partial charge in [0.15, 0.2) is 0 Å². The van der Waals surface area contributed by atoms with E-state index in [1.165, 1.54) is 24.4 Å². The van der Waals surface area contributed by atoms with Crippen LogP contribution in [0, 0.1) is 0 Å². The van der Waals surface area contributed by atoms with Crippen LogP contribution in [0.4, 0.5) is 0 Å². The Balaban J connectivity index is 2.54. The zero-order chi connectivity index (χ0) is 12.1. The van der Waals surface area contributed by atoms with Crippen molar-refractivity contribution in [2.45, 2.75) is 71.3 Å². The average molecular weight is 220 g/mol. The summed E-state index contributed by atoms with van der Waals surface area (Å²) in [4.78, 5) is 4.68. The lowest BCUT2D eigenvalue weighted by Gasteiger charge is -2.31. The largest absolute Gasteiger partial charge is 0.326 e. The average Bonchev–Trinajstić information content (AvgIpc) is 2.79. The van der Waals surface area contributed by atoms with E-state index >= 15 is 0 Å². The molecule has 0 atom stereocenters. The lowest BCUT2D eigenvalue weighted by molar-refractivity contribution is 0.344. The third kappa shape index (κ3) is 2.02. The summed E-state index contributed by atoms with van der Waals surface area (Å²) in [6.45, 7) is 13.6. The summed E-state index contributed by atoms with van der Waals surface area (Å²) in [6.07, 6.45) is 4.78. The Morgan fingerprint density at radius 3 is 2.06 bits per heavy atom. The lowest BCUT2D eigenvalue weighted by atomic mass is 9.94. The Morgan fingerprint density at radius 1 is 1.12 bits per heavy atom. The molecule has 1 aromatic heterocycles. The van der Waals surface area contributed by atoms with Crippen molar-refractivity contribution in [3.05, 3.63) is 17.7 Å². The quantitative estimate of drug-likeness (QED) is 0.703. The van der Waals surface area contributed by atoms with Crippen molar-refractivity contribution in [3.63, 3.8) is 0 Å². The Labute approximate surface area is 99.1 Å². The van der Waals surface area contributed by atoms with Crippen LogP contribution in [0.1, 0.15) is 71.8 Å². The molecule has 0 unspecified atom stereocenters. The van der Waals surface area contributed by atoms with Gasteiger partial charge in [0, 0.05) is 28.8 Å². The van der Waals surface area contributed by atoms with Crippen molar-refractivity contribution in [2.24, 2.45) is 0 Å². The predicted molar refractivity (Wildman–Crippen MR) is 67.9 cm³/mol. The summed E-state index contributed by atoms with van der Waals surface area (Å²) in [5.41, 5.74) is 1.70. The van der Waals surface area contributed by atoms with Gasteiger partial charge in [0.2, 0.25) is 0 Å². The molecule has 2 nitrogen and oxygen atoms in total. The molecule has 0 aliphatic heterocycles. The molecule has 1 aliphatic rings. The molecule has 0 saturated heterocycles. The summed E-state index contributed by atoms with van der Waals surface area (Å²) >= 11 is 0. The van der Waals surface area contributed by atoms with Crippen LogP contribution >= 0.6 is 0 Å². The van der Waals surface area contributed by atoms with Crippen molar-refractivity contribution in [1.82, 2.24) is 9.55 Å². The number of hydrogen-bond acceptors (Lipinski definition) is 1. The van der Waals surface area contributed by atoms with Crippen LogP contribution in [0.15, 0.2) is 6.20 Å². The fraction of sp³-hybridized carbons (Fsp3) is 0.786. The summed E-state index contributed by atoms with van der Waals surface area (Å²) < 4.78 is 2.46. The molecule has 1 aliphatic carbocycles. The highest BCUT2D eigenvalue weighted by molar-refractivity contribution is 5.21. The van der Waals surface area contributed by atoms with Gasteiger partial charge in [0.1, 0.15) is 5.82 Å². The standard InChI is InChI=1S/C14H24N2/c1-13(2,3)12-15-9-11(10-7-8-10)16(12)14(4,5)6/h9-10H,7-8H2,1-6H3. The van der Waals surface area contributed by atoms with E-state index in [4.69, 9.17) is 0 Å². The van der Waals surface area contributed by atoms with Crippen LogP contribution < -0.4 is 0 Å². The Bertz CT molecular complexity index is 384. The zero-order valence-electron chi connectivity index (χ0n) is 11.5. The minimum Gasteiger partial charge on any atom is -0.326 e. The highest BCUT2D eigenvalue weighted by atomic mass is 15.1. The van der Waals surface area contributed by atoms with Crippen LogP contribution in [0.5, 0.6) is 0 Å². The van der Waals surface area contributed by atoms with Gasteiger partial charge in [-0.15, -0.1) is 0 Å². The van der Waals surface area contributed by atoms with E-state index < -0.39 is 0 Å². The normalized spacial score (nSPS) is 17.9. The van der Waals surface area contributed by atoms with Gasteiger partial charge in [0.05, 0.1) is 0 Å². The van der Waals surface area contributed by atoms with E-state index in [2.05, 4.69) is 57.3 Å². The molecule has 90 valence electrons. The first-order valence-corrected chi connectivity index (χ1v) is 6.30. The Morgan fingerprint density at radius 2 is 1.69 bits per heavy atom. The van der Waals surface area contributed by atoms with Crippen molar-refractivity contribution in [3.8, 4) is 0 Å². The second kappa shape index (κ2) is 3.35. The fourth-order valence-electron chi connectivity index (χ4n) is 2.27. The molecule has 1 saturated carbocycles. The number of nitrogens with zero attached hydrogens (tertiary/aromatic N) is 2. The zero-order valence-corrected chi connectivity index (χ0v) is 11.5. The predicted octanol–water partition coefficient (Wildman–Crippen LogP) is 3.81. The van der Waals surface area contributed by atoms with Gasteiger partial charge >= 0.3 is 0 Å². The maximum Gasteiger partial charge on any atom is 0.114 e. The van der Waals surface area contributed by atoms with Gasteiger partial charge in [-0.1, -0.05) is 20.8 Å². The van der Waals surface area contributed by atoms with Crippen LogP contribution in [0.25, 0.3) is 0 Å². The summed E-state index contributed by atoms with van der Waals surface area (Å²) in [7, 11) is 0. The molecule has 1 aromatic rings. The third-order valence-electron chi connectivity index (χ3n) is 3.13. The Kier molecular flexibility index (Phi) is 2.45. The van der Waals surface area contributed by atoms with E-state index in [9.17, 15) is 0 Å². The van der Waals surface area contributed by atoms with Crippen molar-refractivity contribution in [1.29, 1.82) is 0 Å². The van der Waals surface area contributed by atoms with Crippen molar-refractivity contribution >= 4 is 0 Å². The summed E-state index contributed by atoms with van der Waals surface area (Å²) in [5.74, 6) is 1.99. The van der Waals surface area contributed by atoms with E-state index in [1.54, 1.807) is 0 Å². The van der Waals surface area contributed by atoms with Crippen LogP contribution in [0.3, 0.4) is 0 Å². The van der Waals surface area contributed by atoms with E-state index in [-0.39, 0.29) is 11.0 Å². The summed E-state index contributed by atoms with van der Waals surface area (Å²) in [5, 5.41) is 0. The highest BCUT2D eigenvalue weighted by Gasteiger charge is 2.34. The maximum atomic E-state index is 4.68. The van der Waals surface area contributed by atoms with Crippen LogP contribution in [-0.4, -0.2) is 9.55 Å². The number of rotatable bonds is 1. The molecule has 1 heterocycles. The van der Waals surface area contributed by atoms with E-state index in [0.29, 0.717) is 0 Å². The van der Waals surface area contributed by atoms with Gasteiger partial charge in [-0.25, -0.2) is 4.98 Å². The molecular formula is C14H24N2. The molecule has 2 rings (SSSR count). The molecule has 0 aromatic carbocycles. The molecule has 0 amide bonds. The second-order valence-electron chi connectivity index (χ2n) is 7.04. The molecule has 0 bridgehead atoms. The molecule has 1 fully saturated rings. The lowest BCUT2D eigenvalue weighted by Crippen LogP contribution is -2.30. The van der Waals surface area contributed by atoms with Crippen molar-refractivity contribution < 1.29 is 0 Å². The van der Waals surface area contributed by atoms with Gasteiger partial charge in [-0.3, -0.25) is 0 Å². The monoisotopic (exact) mass is 220 g/mol. The minimum atomic E-state index is 0.125.